The van der Waals surface area contributed by atoms with Crippen LogP contribution in [0.15, 0.2) is 18.2 Å². The van der Waals surface area contributed by atoms with E-state index >= 15 is 0 Å². The number of hydrogen-bond acceptors (Lipinski definition) is 3. The molecular weight excluding hydrogens is 282 g/mol. The highest BCUT2D eigenvalue weighted by Gasteiger charge is 2.22. The predicted molar refractivity (Wildman–Crippen MR) is 92.3 cm³/mol. The second-order valence-electron chi connectivity index (χ2n) is 6.24. The number of rotatable bonds is 5. The number of halogens is 1. The molecule has 118 valence electrons. The van der Waals surface area contributed by atoms with E-state index in [4.69, 9.17) is 17.3 Å². The molecule has 1 atom stereocenters. The molecular formula is C17H28ClN3. The van der Waals surface area contributed by atoms with Gasteiger partial charge in [-0.05, 0) is 38.3 Å². The Kier molecular flexibility index (Phi) is 5.91. The number of anilines is 1. The molecule has 2 N–H and O–H groups in total. The molecule has 1 saturated heterocycles. The van der Waals surface area contributed by atoms with Gasteiger partial charge in [-0.3, -0.25) is 4.90 Å². The Hall–Kier alpha value is -0.770. The average Bonchev–Trinajstić information content (AvgIpc) is 2.47. The molecule has 2 rings (SSSR count). The fourth-order valence-corrected chi connectivity index (χ4v) is 3.28. The molecule has 1 aliphatic rings. The van der Waals surface area contributed by atoms with Gasteiger partial charge in [0.15, 0.2) is 0 Å². The van der Waals surface area contributed by atoms with E-state index in [1.165, 1.54) is 11.3 Å². The first-order valence-corrected chi connectivity index (χ1v) is 8.42. The third-order valence-electron chi connectivity index (χ3n) is 4.44. The summed E-state index contributed by atoms with van der Waals surface area (Å²) in [5.74, 6) is 0. The fraction of sp³-hybridized carbons (Fsp3) is 0.647. The third-order valence-corrected chi connectivity index (χ3v) is 4.74. The smallest absolute Gasteiger partial charge is 0.0642 e. The Morgan fingerprint density at radius 2 is 1.86 bits per heavy atom. The molecule has 1 aromatic rings. The number of benzene rings is 1. The molecule has 21 heavy (non-hydrogen) atoms. The molecule has 1 aromatic carbocycles. The summed E-state index contributed by atoms with van der Waals surface area (Å²) in [6, 6.07) is 7.03. The molecule has 1 unspecified atom stereocenters. The summed E-state index contributed by atoms with van der Waals surface area (Å²) in [5, 5.41) is 0.855. The zero-order valence-corrected chi connectivity index (χ0v) is 14.2. The van der Waals surface area contributed by atoms with Gasteiger partial charge in [-0.1, -0.05) is 30.7 Å². The maximum atomic E-state index is 6.49. The summed E-state index contributed by atoms with van der Waals surface area (Å²) >= 11 is 6.49. The summed E-state index contributed by atoms with van der Waals surface area (Å²) in [6.07, 6.45) is 1.89. The van der Waals surface area contributed by atoms with E-state index in [-0.39, 0.29) is 6.04 Å². The van der Waals surface area contributed by atoms with Gasteiger partial charge in [0.05, 0.1) is 10.7 Å². The maximum Gasteiger partial charge on any atom is 0.0642 e. The molecule has 0 spiro atoms. The molecule has 0 aromatic heterocycles. The van der Waals surface area contributed by atoms with Crippen LogP contribution in [0.25, 0.3) is 0 Å². The maximum absolute atomic E-state index is 6.49. The average molecular weight is 310 g/mol. The Morgan fingerprint density at radius 3 is 2.43 bits per heavy atom. The molecule has 0 amide bonds. The molecule has 3 nitrogen and oxygen atoms in total. The number of nitrogens with two attached hydrogens (primary N) is 1. The van der Waals surface area contributed by atoms with Crippen molar-refractivity contribution in [1.29, 1.82) is 0 Å². The molecule has 4 heteroatoms. The van der Waals surface area contributed by atoms with Crippen molar-refractivity contribution in [3.8, 4) is 0 Å². The van der Waals surface area contributed by atoms with Crippen molar-refractivity contribution < 1.29 is 0 Å². The van der Waals surface area contributed by atoms with E-state index in [1.807, 2.05) is 12.1 Å². The first-order chi connectivity index (χ1) is 10.0. The van der Waals surface area contributed by atoms with Gasteiger partial charge < -0.3 is 10.6 Å². The molecule has 0 saturated carbocycles. The van der Waals surface area contributed by atoms with Crippen molar-refractivity contribution >= 4 is 17.3 Å². The van der Waals surface area contributed by atoms with E-state index in [2.05, 4.69) is 36.6 Å². The van der Waals surface area contributed by atoms with Gasteiger partial charge in [0.2, 0.25) is 0 Å². The second-order valence-corrected chi connectivity index (χ2v) is 6.64. The SMILES string of the molecule is CCC(N)Cc1cccc(Cl)c1N1CCN(C(C)C)CC1. The van der Waals surface area contributed by atoms with E-state index in [0.717, 1.165) is 44.0 Å². The van der Waals surface area contributed by atoms with Crippen LogP contribution in [0.1, 0.15) is 32.8 Å². The van der Waals surface area contributed by atoms with Crippen LogP contribution in [0, 0.1) is 0 Å². The second kappa shape index (κ2) is 7.48. The Balaban J connectivity index is 2.15. The Morgan fingerprint density at radius 1 is 1.19 bits per heavy atom. The highest BCUT2D eigenvalue weighted by atomic mass is 35.5. The monoisotopic (exact) mass is 309 g/mol. The summed E-state index contributed by atoms with van der Waals surface area (Å²) < 4.78 is 0. The normalized spacial score (nSPS) is 18.3. The van der Waals surface area contributed by atoms with Gasteiger partial charge in [0, 0.05) is 38.3 Å². The molecule has 1 aliphatic heterocycles. The molecule has 0 aliphatic carbocycles. The number of nitrogens with zero attached hydrogens (tertiary/aromatic N) is 2. The van der Waals surface area contributed by atoms with Crippen molar-refractivity contribution in [3.63, 3.8) is 0 Å². The molecule has 0 radical (unpaired) electrons. The zero-order chi connectivity index (χ0) is 15.4. The highest BCUT2D eigenvalue weighted by Crippen LogP contribution is 2.31. The minimum Gasteiger partial charge on any atom is -0.368 e. The lowest BCUT2D eigenvalue weighted by Gasteiger charge is -2.39. The van der Waals surface area contributed by atoms with Crippen LogP contribution in [-0.2, 0) is 6.42 Å². The Bertz CT molecular complexity index is 453. The van der Waals surface area contributed by atoms with Crippen molar-refractivity contribution in [3.05, 3.63) is 28.8 Å². The number of para-hydroxylation sites is 1. The zero-order valence-electron chi connectivity index (χ0n) is 13.5. The lowest BCUT2D eigenvalue weighted by molar-refractivity contribution is 0.209. The van der Waals surface area contributed by atoms with Crippen molar-refractivity contribution in [2.24, 2.45) is 5.73 Å². The van der Waals surface area contributed by atoms with Crippen LogP contribution in [0.5, 0.6) is 0 Å². The molecule has 1 fully saturated rings. The van der Waals surface area contributed by atoms with Crippen LogP contribution in [0.3, 0.4) is 0 Å². The third kappa shape index (κ3) is 4.12. The van der Waals surface area contributed by atoms with Gasteiger partial charge in [0.25, 0.3) is 0 Å². The van der Waals surface area contributed by atoms with Crippen molar-refractivity contribution in [2.45, 2.75) is 45.7 Å². The molecule has 1 heterocycles. The standard InChI is InChI=1S/C17H28ClN3/c1-4-15(19)12-14-6-5-7-16(18)17(14)21-10-8-20(9-11-21)13(2)3/h5-7,13,15H,4,8-12,19H2,1-3H3. The lowest BCUT2D eigenvalue weighted by atomic mass is 10.0. The predicted octanol–water partition coefficient (Wildman–Crippen LogP) is 3.15. The van der Waals surface area contributed by atoms with E-state index in [1.54, 1.807) is 0 Å². The quantitative estimate of drug-likeness (QED) is 0.907. The Labute approximate surface area is 134 Å². The summed E-state index contributed by atoms with van der Waals surface area (Å²) in [4.78, 5) is 4.95. The summed E-state index contributed by atoms with van der Waals surface area (Å²) in [6.45, 7) is 10.9. The van der Waals surface area contributed by atoms with E-state index < -0.39 is 0 Å². The van der Waals surface area contributed by atoms with Crippen molar-refractivity contribution in [1.82, 2.24) is 4.90 Å². The first kappa shape index (κ1) is 16.6. The summed E-state index contributed by atoms with van der Waals surface area (Å²) in [7, 11) is 0. The topological polar surface area (TPSA) is 32.5 Å². The minimum absolute atomic E-state index is 0.208. The lowest BCUT2D eigenvalue weighted by Crippen LogP contribution is -2.49. The molecule has 0 bridgehead atoms. The van der Waals surface area contributed by atoms with Gasteiger partial charge >= 0.3 is 0 Å². The summed E-state index contributed by atoms with van der Waals surface area (Å²) in [5.41, 5.74) is 8.63. The highest BCUT2D eigenvalue weighted by molar-refractivity contribution is 6.33. The van der Waals surface area contributed by atoms with Gasteiger partial charge in [-0.15, -0.1) is 0 Å². The van der Waals surface area contributed by atoms with Gasteiger partial charge in [-0.25, -0.2) is 0 Å². The first-order valence-electron chi connectivity index (χ1n) is 8.04. The minimum atomic E-state index is 0.208. The van der Waals surface area contributed by atoms with Crippen LogP contribution in [-0.4, -0.2) is 43.2 Å². The number of hydrogen-bond donors (Lipinski definition) is 1. The van der Waals surface area contributed by atoms with Crippen LogP contribution in [0.2, 0.25) is 5.02 Å². The van der Waals surface area contributed by atoms with Crippen LogP contribution < -0.4 is 10.6 Å². The fourth-order valence-electron chi connectivity index (χ4n) is 2.97. The van der Waals surface area contributed by atoms with Crippen molar-refractivity contribution in [2.75, 3.05) is 31.1 Å². The van der Waals surface area contributed by atoms with Gasteiger partial charge in [-0.2, -0.15) is 0 Å². The number of piperazine rings is 1. The van der Waals surface area contributed by atoms with E-state index in [9.17, 15) is 0 Å². The largest absolute Gasteiger partial charge is 0.368 e. The van der Waals surface area contributed by atoms with Crippen LogP contribution >= 0.6 is 11.6 Å². The van der Waals surface area contributed by atoms with E-state index in [0.29, 0.717) is 6.04 Å². The van der Waals surface area contributed by atoms with Gasteiger partial charge in [0.1, 0.15) is 0 Å². The van der Waals surface area contributed by atoms with Crippen LogP contribution in [0.4, 0.5) is 5.69 Å².